The third kappa shape index (κ3) is 3.63. The lowest BCUT2D eigenvalue weighted by molar-refractivity contribution is -0.142. The Balaban J connectivity index is 2.16. The normalized spacial score (nSPS) is 22.4. The van der Waals surface area contributed by atoms with E-state index >= 15 is 0 Å². The van der Waals surface area contributed by atoms with Crippen LogP contribution in [0.4, 0.5) is 0 Å². The molecule has 1 aliphatic carbocycles. The minimum absolute atomic E-state index is 0.158. The number of rotatable bonds is 3. The molecular formula is C17H23NO3. The highest BCUT2D eigenvalue weighted by atomic mass is 16.4. The molecule has 2 N–H and O–H groups in total. The van der Waals surface area contributed by atoms with Crippen LogP contribution in [0.5, 0.6) is 0 Å². The number of hydrogen-bond donors (Lipinski definition) is 2. The topological polar surface area (TPSA) is 66.4 Å². The van der Waals surface area contributed by atoms with E-state index in [0.29, 0.717) is 12.0 Å². The van der Waals surface area contributed by atoms with E-state index in [1.54, 1.807) is 6.07 Å². The van der Waals surface area contributed by atoms with Crippen molar-refractivity contribution in [1.29, 1.82) is 0 Å². The van der Waals surface area contributed by atoms with Crippen molar-refractivity contribution in [2.75, 3.05) is 0 Å². The number of carboxylic acid groups (broad SMARTS) is 1. The molecule has 0 radical (unpaired) electrons. The molecule has 0 bridgehead atoms. The van der Waals surface area contributed by atoms with Crippen LogP contribution in [0.25, 0.3) is 0 Å². The van der Waals surface area contributed by atoms with Crippen molar-refractivity contribution in [3.63, 3.8) is 0 Å². The minimum atomic E-state index is -0.803. The van der Waals surface area contributed by atoms with E-state index < -0.39 is 11.9 Å². The summed E-state index contributed by atoms with van der Waals surface area (Å²) in [6, 6.07) is 5.36. The number of aliphatic carboxylic acids is 1. The van der Waals surface area contributed by atoms with Gasteiger partial charge in [0.1, 0.15) is 0 Å². The summed E-state index contributed by atoms with van der Waals surface area (Å²) < 4.78 is 0. The van der Waals surface area contributed by atoms with Crippen LogP contribution in [-0.4, -0.2) is 23.0 Å². The van der Waals surface area contributed by atoms with E-state index in [-0.39, 0.29) is 11.9 Å². The second kappa shape index (κ2) is 6.74. The van der Waals surface area contributed by atoms with Crippen LogP contribution in [-0.2, 0) is 4.79 Å². The van der Waals surface area contributed by atoms with Gasteiger partial charge in [0.2, 0.25) is 0 Å². The Morgan fingerprint density at radius 3 is 2.57 bits per heavy atom. The van der Waals surface area contributed by atoms with Gasteiger partial charge in [-0.1, -0.05) is 31.4 Å². The fourth-order valence-corrected chi connectivity index (χ4v) is 3.02. The standard InChI is InChI=1S/C17H23NO3/c1-11-7-6-9-13(12(11)2)16(19)18-15-10-5-3-4-8-14(15)17(20)21/h6-7,9,14-15H,3-5,8,10H2,1-2H3,(H,18,19)(H,20,21)/t14-,15+/m1/s1. The largest absolute Gasteiger partial charge is 0.481 e. The fraction of sp³-hybridized carbons (Fsp3) is 0.529. The molecule has 4 heteroatoms. The van der Waals surface area contributed by atoms with E-state index in [2.05, 4.69) is 5.32 Å². The van der Waals surface area contributed by atoms with Gasteiger partial charge in [-0.15, -0.1) is 0 Å². The Kier molecular flexibility index (Phi) is 4.99. The van der Waals surface area contributed by atoms with Gasteiger partial charge < -0.3 is 10.4 Å². The van der Waals surface area contributed by atoms with Crippen LogP contribution in [0.1, 0.15) is 53.6 Å². The number of hydrogen-bond acceptors (Lipinski definition) is 2. The van der Waals surface area contributed by atoms with Crippen LogP contribution in [0, 0.1) is 19.8 Å². The molecule has 0 aromatic heterocycles. The second-order valence-corrected chi connectivity index (χ2v) is 5.91. The zero-order chi connectivity index (χ0) is 15.4. The quantitative estimate of drug-likeness (QED) is 0.840. The molecule has 114 valence electrons. The lowest BCUT2D eigenvalue weighted by Gasteiger charge is -2.23. The molecule has 1 fully saturated rings. The first kappa shape index (κ1) is 15.5. The van der Waals surface area contributed by atoms with Gasteiger partial charge in [-0.3, -0.25) is 9.59 Å². The highest BCUT2D eigenvalue weighted by Gasteiger charge is 2.31. The number of aryl methyl sites for hydroxylation is 1. The second-order valence-electron chi connectivity index (χ2n) is 5.91. The van der Waals surface area contributed by atoms with Gasteiger partial charge in [0.05, 0.1) is 5.92 Å². The average Bonchev–Trinajstić information content (AvgIpc) is 2.67. The van der Waals surface area contributed by atoms with Crippen molar-refractivity contribution >= 4 is 11.9 Å². The maximum atomic E-state index is 12.5. The molecule has 4 nitrogen and oxygen atoms in total. The molecular weight excluding hydrogens is 266 g/mol. The minimum Gasteiger partial charge on any atom is -0.481 e. The molecule has 0 heterocycles. The Labute approximate surface area is 125 Å². The number of nitrogens with one attached hydrogen (secondary N) is 1. The number of amides is 1. The van der Waals surface area contributed by atoms with Crippen LogP contribution in [0.15, 0.2) is 18.2 Å². The van der Waals surface area contributed by atoms with Crippen LogP contribution >= 0.6 is 0 Å². The van der Waals surface area contributed by atoms with Crippen LogP contribution in [0.3, 0.4) is 0 Å². The van der Waals surface area contributed by atoms with E-state index in [9.17, 15) is 14.7 Å². The molecule has 1 saturated carbocycles. The smallest absolute Gasteiger partial charge is 0.308 e. The summed E-state index contributed by atoms with van der Waals surface area (Å²) in [6.45, 7) is 3.89. The number of carboxylic acids is 1. The molecule has 1 amide bonds. The number of carbonyl (C=O) groups excluding carboxylic acids is 1. The van der Waals surface area contributed by atoms with Gasteiger partial charge in [0.25, 0.3) is 5.91 Å². The molecule has 0 spiro atoms. The first-order chi connectivity index (χ1) is 10.0. The van der Waals surface area contributed by atoms with Gasteiger partial charge in [-0.25, -0.2) is 0 Å². The van der Waals surface area contributed by atoms with Gasteiger partial charge in [0.15, 0.2) is 0 Å². The molecule has 0 saturated heterocycles. The van der Waals surface area contributed by atoms with Crippen molar-refractivity contribution in [2.45, 2.75) is 52.0 Å². The monoisotopic (exact) mass is 289 g/mol. The molecule has 1 aliphatic rings. The Morgan fingerprint density at radius 1 is 1.14 bits per heavy atom. The first-order valence-corrected chi connectivity index (χ1v) is 7.60. The molecule has 2 rings (SSSR count). The van der Waals surface area contributed by atoms with Crippen LogP contribution < -0.4 is 5.32 Å². The molecule has 21 heavy (non-hydrogen) atoms. The van der Waals surface area contributed by atoms with E-state index in [0.717, 1.165) is 36.8 Å². The molecule has 2 atom stereocenters. The first-order valence-electron chi connectivity index (χ1n) is 7.60. The van der Waals surface area contributed by atoms with Crippen molar-refractivity contribution in [2.24, 2.45) is 5.92 Å². The predicted molar refractivity (Wildman–Crippen MR) is 81.4 cm³/mol. The SMILES string of the molecule is Cc1cccc(C(=O)N[C@H]2CCCCC[C@H]2C(=O)O)c1C. The average molecular weight is 289 g/mol. The zero-order valence-electron chi connectivity index (χ0n) is 12.7. The lowest BCUT2D eigenvalue weighted by Crippen LogP contribution is -2.43. The third-order valence-electron chi connectivity index (χ3n) is 4.50. The van der Waals surface area contributed by atoms with Gasteiger partial charge in [-0.05, 0) is 43.9 Å². The van der Waals surface area contributed by atoms with Crippen molar-refractivity contribution < 1.29 is 14.7 Å². The highest BCUT2D eigenvalue weighted by Crippen LogP contribution is 2.24. The lowest BCUT2D eigenvalue weighted by atomic mass is 9.94. The molecule has 0 aliphatic heterocycles. The summed E-state index contributed by atoms with van der Waals surface area (Å²) in [6.07, 6.45) is 4.33. The maximum absolute atomic E-state index is 12.5. The van der Waals surface area contributed by atoms with Gasteiger partial charge in [0, 0.05) is 11.6 Å². The Bertz CT molecular complexity index is 539. The number of carbonyl (C=O) groups is 2. The molecule has 1 aromatic rings. The molecule has 0 unspecified atom stereocenters. The Morgan fingerprint density at radius 2 is 1.86 bits per heavy atom. The van der Waals surface area contributed by atoms with E-state index in [1.807, 2.05) is 26.0 Å². The summed E-state index contributed by atoms with van der Waals surface area (Å²) in [4.78, 5) is 23.9. The van der Waals surface area contributed by atoms with Crippen molar-refractivity contribution in [3.05, 3.63) is 34.9 Å². The maximum Gasteiger partial charge on any atom is 0.308 e. The van der Waals surface area contributed by atoms with Crippen LogP contribution in [0.2, 0.25) is 0 Å². The predicted octanol–water partition coefficient (Wildman–Crippen LogP) is 3.07. The summed E-state index contributed by atoms with van der Waals surface area (Å²) in [7, 11) is 0. The van der Waals surface area contributed by atoms with Crippen molar-refractivity contribution in [3.8, 4) is 0 Å². The number of benzene rings is 1. The zero-order valence-corrected chi connectivity index (χ0v) is 12.7. The summed E-state index contributed by atoms with van der Waals surface area (Å²) in [5.41, 5.74) is 2.66. The van der Waals surface area contributed by atoms with Gasteiger partial charge >= 0.3 is 5.97 Å². The summed E-state index contributed by atoms with van der Waals surface area (Å²) >= 11 is 0. The van der Waals surface area contributed by atoms with Crippen molar-refractivity contribution in [1.82, 2.24) is 5.32 Å². The Hall–Kier alpha value is -1.84. The summed E-state index contributed by atoms with van der Waals surface area (Å²) in [5, 5.41) is 12.3. The van der Waals surface area contributed by atoms with E-state index in [1.165, 1.54) is 0 Å². The molecule has 1 aromatic carbocycles. The third-order valence-corrected chi connectivity index (χ3v) is 4.50. The van der Waals surface area contributed by atoms with E-state index in [4.69, 9.17) is 0 Å². The fourth-order valence-electron chi connectivity index (χ4n) is 3.02. The van der Waals surface area contributed by atoms with Gasteiger partial charge in [-0.2, -0.15) is 0 Å². The summed E-state index contributed by atoms with van der Waals surface area (Å²) in [5.74, 6) is -1.43. The highest BCUT2D eigenvalue weighted by molar-refractivity contribution is 5.96.